The maximum Gasteiger partial charge on any atom is 0.269 e. The number of fused-ring (bicyclic) bond motifs is 1. The Kier molecular flexibility index (Phi) is 4.88. The molecule has 1 heterocycles. The molecule has 0 bridgehead atoms. The average molecular weight is 353 g/mol. The number of hydrogen-bond acceptors (Lipinski definition) is 4. The number of rotatable bonds is 3. The third-order valence-electron chi connectivity index (χ3n) is 4.02. The minimum Gasteiger partial charge on any atom is -0.478 e. The van der Waals surface area contributed by atoms with E-state index in [1.54, 1.807) is 30.3 Å². The van der Waals surface area contributed by atoms with Gasteiger partial charge in [0.15, 0.2) is 6.10 Å². The van der Waals surface area contributed by atoms with Gasteiger partial charge in [0, 0.05) is 5.56 Å². The Balaban J connectivity index is 1.56. The third-order valence-corrected chi connectivity index (χ3v) is 4.02. The maximum atomic E-state index is 12.2. The molecule has 2 aromatic carbocycles. The van der Waals surface area contributed by atoms with Crippen molar-refractivity contribution in [3.63, 3.8) is 0 Å². The second-order valence-corrected chi connectivity index (χ2v) is 6.12. The van der Waals surface area contributed by atoms with E-state index in [0.29, 0.717) is 17.0 Å². The number of aryl methyl sites for hydroxylation is 2. The van der Waals surface area contributed by atoms with Crippen LogP contribution in [-0.2, 0) is 9.59 Å². The molecule has 0 saturated carbocycles. The summed E-state index contributed by atoms with van der Waals surface area (Å²) < 4.78 is 5.55. The van der Waals surface area contributed by atoms with Crippen LogP contribution in [0.2, 0.25) is 0 Å². The highest BCUT2D eigenvalue weighted by atomic mass is 16.5. The Morgan fingerprint density at radius 2 is 1.88 bits per heavy atom. The quantitative estimate of drug-likeness (QED) is 0.734. The van der Waals surface area contributed by atoms with Crippen LogP contribution < -0.4 is 20.9 Å². The summed E-state index contributed by atoms with van der Waals surface area (Å²) >= 11 is 0. The number of para-hydroxylation sites is 2. The summed E-state index contributed by atoms with van der Waals surface area (Å²) in [6.45, 7) is 3.76. The zero-order valence-corrected chi connectivity index (χ0v) is 14.5. The van der Waals surface area contributed by atoms with Gasteiger partial charge in [-0.05, 0) is 37.6 Å². The van der Waals surface area contributed by atoms with Crippen molar-refractivity contribution in [1.29, 1.82) is 0 Å². The highest BCUT2D eigenvalue weighted by molar-refractivity contribution is 6.00. The standard InChI is InChI=1S/C19H19N3O4/c1-11-7-8-13(12(2)9-11)18(24)22-21-17(23)10-16-19(25)20-14-5-3-4-6-15(14)26-16/h3-9,16H,10H2,1-2H3,(H,20,25)(H,21,23)(H,22,24)/t16-/m1/s1. The highest BCUT2D eigenvalue weighted by Gasteiger charge is 2.29. The molecule has 0 unspecified atom stereocenters. The summed E-state index contributed by atoms with van der Waals surface area (Å²) in [6, 6.07) is 12.4. The lowest BCUT2D eigenvalue weighted by atomic mass is 10.1. The zero-order chi connectivity index (χ0) is 18.7. The lowest BCUT2D eigenvalue weighted by Gasteiger charge is -2.25. The molecule has 1 aliphatic heterocycles. The number of hydrazine groups is 1. The fourth-order valence-corrected chi connectivity index (χ4v) is 2.71. The number of benzene rings is 2. The van der Waals surface area contributed by atoms with E-state index in [2.05, 4.69) is 16.2 Å². The first-order chi connectivity index (χ1) is 12.4. The van der Waals surface area contributed by atoms with Crippen LogP contribution >= 0.6 is 0 Å². The average Bonchev–Trinajstić information content (AvgIpc) is 2.60. The van der Waals surface area contributed by atoms with Crippen LogP contribution in [0, 0.1) is 13.8 Å². The van der Waals surface area contributed by atoms with Crippen molar-refractivity contribution >= 4 is 23.4 Å². The van der Waals surface area contributed by atoms with Crippen molar-refractivity contribution in [3.05, 3.63) is 59.2 Å². The van der Waals surface area contributed by atoms with Gasteiger partial charge in [-0.2, -0.15) is 0 Å². The molecule has 0 saturated heterocycles. The molecular formula is C19H19N3O4. The Hall–Kier alpha value is -3.35. The number of anilines is 1. The number of amides is 3. The molecule has 1 atom stereocenters. The largest absolute Gasteiger partial charge is 0.478 e. The van der Waals surface area contributed by atoms with E-state index in [9.17, 15) is 14.4 Å². The molecule has 2 aromatic rings. The van der Waals surface area contributed by atoms with Crippen molar-refractivity contribution in [2.75, 3.05) is 5.32 Å². The van der Waals surface area contributed by atoms with E-state index in [-0.39, 0.29) is 6.42 Å². The lowest BCUT2D eigenvalue weighted by Crippen LogP contribution is -2.46. The molecule has 26 heavy (non-hydrogen) atoms. The molecule has 0 spiro atoms. The van der Waals surface area contributed by atoms with Gasteiger partial charge in [0.1, 0.15) is 5.75 Å². The van der Waals surface area contributed by atoms with Crippen LogP contribution in [0.1, 0.15) is 27.9 Å². The van der Waals surface area contributed by atoms with Gasteiger partial charge in [-0.25, -0.2) is 0 Å². The van der Waals surface area contributed by atoms with Crippen molar-refractivity contribution < 1.29 is 19.1 Å². The number of carbonyl (C=O) groups excluding carboxylic acids is 3. The van der Waals surface area contributed by atoms with E-state index in [1.807, 2.05) is 26.0 Å². The van der Waals surface area contributed by atoms with Crippen molar-refractivity contribution in [1.82, 2.24) is 10.9 Å². The van der Waals surface area contributed by atoms with Gasteiger partial charge in [0.05, 0.1) is 12.1 Å². The van der Waals surface area contributed by atoms with Gasteiger partial charge >= 0.3 is 0 Å². The van der Waals surface area contributed by atoms with Crippen LogP contribution in [-0.4, -0.2) is 23.8 Å². The molecule has 134 valence electrons. The van der Waals surface area contributed by atoms with E-state index in [1.165, 1.54) is 0 Å². The van der Waals surface area contributed by atoms with Crippen LogP contribution in [0.4, 0.5) is 5.69 Å². The van der Waals surface area contributed by atoms with E-state index < -0.39 is 23.8 Å². The Labute approximate surface area is 150 Å². The molecule has 3 N–H and O–H groups in total. The summed E-state index contributed by atoms with van der Waals surface area (Å²) in [5.41, 5.74) is 7.56. The first-order valence-electron chi connectivity index (χ1n) is 8.17. The molecule has 0 aromatic heterocycles. The van der Waals surface area contributed by atoms with E-state index in [0.717, 1.165) is 11.1 Å². The summed E-state index contributed by atoms with van der Waals surface area (Å²) in [7, 11) is 0. The first kappa shape index (κ1) is 17.5. The first-order valence-corrected chi connectivity index (χ1v) is 8.17. The fraction of sp³-hybridized carbons (Fsp3) is 0.211. The molecule has 7 nitrogen and oxygen atoms in total. The van der Waals surface area contributed by atoms with Crippen LogP contribution in [0.5, 0.6) is 5.75 Å². The summed E-state index contributed by atoms with van der Waals surface area (Å²) in [6.07, 6.45) is -1.17. The Bertz CT molecular complexity index is 879. The molecule has 0 radical (unpaired) electrons. The number of ether oxygens (including phenoxy) is 1. The van der Waals surface area contributed by atoms with Crippen LogP contribution in [0.3, 0.4) is 0 Å². The number of nitrogens with one attached hydrogen (secondary N) is 3. The van der Waals surface area contributed by atoms with Gasteiger partial charge in [-0.3, -0.25) is 25.2 Å². The van der Waals surface area contributed by atoms with E-state index >= 15 is 0 Å². The summed E-state index contributed by atoms with van der Waals surface area (Å²) in [4.78, 5) is 36.2. The van der Waals surface area contributed by atoms with Crippen LogP contribution in [0.15, 0.2) is 42.5 Å². The number of carbonyl (C=O) groups is 3. The zero-order valence-electron chi connectivity index (χ0n) is 14.5. The second kappa shape index (κ2) is 7.26. The minimum absolute atomic E-state index is 0.215. The second-order valence-electron chi connectivity index (χ2n) is 6.12. The predicted octanol–water partition coefficient (Wildman–Crippen LogP) is 1.85. The monoisotopic (exact) mass is 353 g/mol. The van der Waals surface area contributed by atoms with Gasteiger partial charge in [-0.1, -0.05) is 29.8 Å². The Morgan fingerprint density at radius 1 is 1.12 bits per heavy atom. The van der Waals surface area contributed by atoms with E-state index in [4.69, 9.17) is 4.74 Å². The maximum absolute atomic E-state index is 12.2. The normalized spacial score (nSPS) is 15.3. The number of hydrogen-bond donors (Lipinski definition) is 3. The molecular weight excluding hydrogens is 334 g/mol. The predicted molar refractivity (Wildman–Crippen MR) is 95.6 cm³/mol. The molecule has 1 aliphatic rings. The lowest BCUT2D eigenvalue weighted by molar-refractivity contribution is -0.130. The van der Waals surface area contributed by atoms with Gasteiger partial charge in [0.25, 0.3) is 11.8 Å². The summed E-state index contributed by atoms with van der Waals surface area (Å²) in [5.74, 6) is -0.846. The van der Waals surface area contributed by atoms with Crippen molar-refractivity contribution in [2.45, 2.75) is 26.4 Å². The van der Waals surface area contributed by atoms with Crippen LogP contribution in [0.25, 0.3) is 0 Å². The smallest absolute Gasteiger partial charge is 0.269 e. The third kappa shape index (κ3) is 3.83. The van der Waals surface area contributed by atoms with Gasteiger partial charge in [-0.15, -0.1) is 0 Å². The highest BCUT2D eigenvalue weighted by Crippen LogP contribution is 2.29. The van der Waals surface area contributed by atoms with Gasteiger partial charge < -0.3 is 10.1 Å². The molecule has 3 rings (SSSR count). The Morgan fingerprint density at radius 3 is 2.65 bits per heavy atom. The molecule has 0 aliphatic carbocycles. The summed E-state index contributed by atoms with van der Waals surface area (Å²) in [5, 5.41) is 2.69. The topological polar surface area (TPSA) is 96.5 Å². The molecule has 0 fully saturated rings. The fourth-order valence-electron chi connectivity index (χ4n) is 2.71. The van der Waals surface area contributed by atoms with Crippen molar-refractivity contribution in [3.8, 4) is 5.75 Å². The minimum atomic E-state index is -0.956. The van der Waals surface area contributed by atoms with Crippen molar-refractivity contribution in [2.24, 2.45) is 0 Å². The SMILES string of the molecule is Cc1ccc(C(=O)NNC(=O)C[C@H]2Oc3ccccc3NC2=O)c(C)c1. The molecule has 3 amide bonds. The van der Waals surface area contributed by atoms with Gasteiger partial charge in [0.2, 0.25) is 5.91 Å². The molecule has 7 heteroatoms.